The normalized spacial score (nSPS) is 18.1. The van der Waals surface area contributed by atoms with Crippen molar-refractivity contribution in [2.24, 2.45) is 5.92 Å². The van der Waals surface area contributed by atoms with E-state index in [1.165, 1.54) is 62.5 Å². The number of halogens is 2. The third-order valence-corrected chi connectivity index (χ3v) is 8.42. The van der Waals surface area contributed by atoms with Crippen LogP contribution in [0.2, 0.25) is 0 Å². The first-order valence-electron chi connectivity index (χ1n) is 14.6. The molecule has 0 amide bonds. The third-order valence-electron chi connectivity index (χ3n) is 8.42. The van der Waals surface area contributed by atoms with Crippen LogP contribution in [-0.4, -0.2) is 0 Å². The van der Waals surface area contributed by atoms with Crippen LogP contribution in [0.3, 0.4) is 0 Å². The SMILES string of the molecule is CCCCCc1cc2ccc(CCc3ccc(C4CCC(CCCCC)CC4)cc3)cc2c(F)c1F. The van der Waals surface area contributed by atoms with Crippen LogP contribution in [-0.2, 0) is 19.3 Å². The molecular formula is C34H44F2. The summed E-state index contributed by atoms with van der Waals surface area (Å²) in [5.41, 5.74) is 4.37. The number of benzene rings is 3. The smallest absolute Gasteiger partial charge is 0.166 e. The van der Waals surface area contributed by atoms with Crippen LogP contribution in [0.4, 0.5) is 8.78 Å². The van der Waals surface area contributed by atoms with E-state index < -0.39 is 11.6 Å². The fraction of sp³-hybridized carbons (Fsp3) is 0.529. The average molecular weight is 491 g/mol. The molecule has 0 aliphatic heterocycles. The summed E-state index contributed by atoms with van der Waals surface area (Å²) < 4.78 is 29.5. The molecule has 194 valence electrons. The van der Waals surface area contributed by atoms with Gasteiger partial charge in [-0.05, 0) is 103 Å². The largest absolute Gasteiger partial charge is 0.203 e. The molecule has 0 N–H and O–H groups in total. The van der Waals surface area contributed by atoms with Crippen molar-refractivity contribution < 1.29 is 8.78 Å². The molecule has 0 saturated heterocycles. The predicted octanol–water partition coefficient (Wildman–Crippen LogP) is 10.5. The van der Waals surface area contributed by atoms with E-state index in [1.807, 2.05) is 18.2 Å². The Kier molecular flexibility index (Phi) is 9.96. The minimum Gasteiger partial charge on any atom is -0.203 e. The molecule has 0 atom stereocenters. The first-order chi connectivity index (χ1) is 17.6. The maximum Gasteiger partial charge on any atom is 0.166 e. The van der Waals surface area contributed by atoms with Gasteiger partial charge in [-0.15, -0.1) is 0 Å². The van der Waals surface area contributed by atoms with Crippen molar-refractivity contribution in [1.82, 2.24) is 0 Å². The molecule has 3 aromatic carbocycles. The molecule has 2 heteroatoms. The highest BCUT2D eigenvalue weighted by atomic mass is 19.2. The first-order valence-corrected chi connectivity index (χ1v) is 14.6. The van der Waals surface area contributed by atoms with Crippen molar-refractivity contribution in [3.8, 4) is 0 Å². The number of fused-ring (bicyclic) bond motifs is 1. The predicted molar refractivity (Wildman–Crippen MR) is 150 cm³/mol. The first kappa shape index (κ1) is 26.8. The lowest BCUT2D eigenvalue weighted by Gasteiger charge is -2.29. The van der Waals surface area contributed by atoms with Gasteiger partial charge >= 0.3 is 0 Å². The summed E-state index contributed by atoms with van der Waals surface area (Å²) in [7, 11) is 0. The summed E-state index contributed by atoms with van der Waals surface area (Å²) in [6, 6.07) is 16.9. The molecule has 0 aromatic heterocycles. The summed E-state index contributed by atoms with van der Waals surface area (Å²) in [4.78, 5) is 0. The van der Waals surface area contributed by atoms with Crippen molar-refractivity contribution in [2.45, 2.75) is 110 Å². The Morgan fingerprint density at radius 2 is 1.33 bits per heavy atom. The van der Waals surface area contributed by atoms with E-state index in [-0.39, 0.29) is 0 Å². The van der Waals surface area contributed by atoms with E-state index in [4.69, 9.17) is 0 Å². The van der Waals surface area contributed by atoms with Gasteiger partial charge in [0, 0.05) is 5.39 Å². The highest BCUT2D eigenvalue weighted by Crippen LogP contribution is 2.38. The van der Waals surface area contributed by atoms with E-state index in [0.29, 0.717) is 23.3 Å². The van der Waals surface area contributed by atoms with Gasteiger partial charge in [-0.2, -0.15) is 0 Å². The lowest BCUT2D eigenvalue weighted by molar-refractivity contribution is 0.303. The zero-order chi connectivity index (χ0) is 25.3. The standard InChI is InChI=1S/C34H44F2/c1-3-5-7-9-25-13-18-28(19-14-25)29-20-15-26(16-21-29)11-12-27-17-22-30-24-31(10-8-6-4-2)33(35)34(36)32(30)23-27/h15-17,20-25,28H,3-14,18-19H2,1-2H3. The zero-order valence-electron chi connectivity index (χ0n) is 22.4. The van der Waals surface area contributed by atoms with E-state index in [2.05, 4.69) is 44.2 Å². The minimum atomic E-state index is -0.690. The zero-order valence-corrected chi connectivity index (χ0v) is 22.4. The summed E-state index contributed by atoms with van der Waals surface area (Å²) in [5, 5.41) is 1.21. The average Bonchev–Trinajstić information content (AvgIpc) is 2.91. The second-order valence-corrected chi connectivity index (χ2v) is 11.1. The molecular weight excluding hydrogens is 446 g/mol. The van der Waals surface area contributed by atoms with E-state index in [9.17, 15) is 8.78 Å². The minimum absolute atomic E-state index is 0.407. The maximum absolute atomic E-state index is 14.9. The molecule has 1 saturated carbocycles. The lowest BCUT2D eigenvalue weighted by atomic mass is 9.77. The monoisotopic (exact) mass is 490 g/mol. The Bertz CT molecular complexity index is 1090. The molecule has 0 nitrogen and oxygen atoms in total. The number of hydrogen-bond donors (Lipinski definition) is 0. The van der Waals surface area contributed by atoms with Gasteiger partial charge in [-0.1, -0.05) is 88.8 Å². The van der Waals surface area contributed by atoms with E-state index in [0.717, 1.165) is 49.0 Å². The van der Waals surface area contributed by atoms with Crippen LogP contribution in [0, 0.1) is 17.6 Å². The lowest BCUT2D eigenvalue weighted by Crippen LogP contribution is -2.13. The summed E-state index contributed by atoms with van der Waals surface area (Å²) in [6.07, 6.45) is 16.3. The highest BCUT2D eigenvalue weighted by molar-refractivity contribution is 5.84. The third kappa shape index (κ3) is 6.96. The quantitative estimate of drug-likeness (QED) is 0.221. The maximum atomic E-state index is 14.9. The molecule has 4 rings (SSSR count). The van der Waals surface area contributed by atoms with Crippen molar-refractivity contribution in [3.05, 3.63) is 82.4 Å². The van der Waals surface area contributed by atoms with Gasteiger partial charge in [0.05, 0.1) is 0 Å². The van der Waals surface area contributed by atoms with Crippen LogP contribution in [0.15, 0.2) is 48.5 Å². The molecule has 0 unspecified atom stereocenters. The second-order valence-electron chi connectivity index (χ2n) is 11.1. The Morgan fingerprint density at radius 3 is 2.06 bits per heavy atom. The molecule has 0 spiro atoms. The number of unbranched alkanes of at least 4 members (excludes halogenated alkanes) is 4. The number of hydrogen-bond acceptors (Lipinski definition) is 0. The molecule has 36 heavy (non-hydrogen) atoms. The van der Waals surface area contributed by atoms with Gasteiger partial charge in [-0.25, -0.2) is 8.78 Å². The second kappa shape index (κ2) is 13.4. The Hall–Kier alpha value is -2.22. The molecule has 0 bridgehead atoms. The van der Waals surface area contributed by atoms with Crippen molar-refractivity contribution in [2.75, 3.05) is 0 Å². The molecule has 1 aliphatic carbocycles. The molecule has 1 fully saturated rings. The van der Waals surface area contributed by atoms with Crippen molar-refractivity contribution in [1.29, 1.82) is 0 Å². The summed E-state index contributed by atoms with van der Waals surface area (Å²) in [5.74, 6) is 0.304. The molecule has 0 radical (unpaired) electrons. The van der Waals surface area contributed by atoms with Crippen molar-refractivity contribution in [3.63, 3.8) is 0 Å². The van der Waals surface area contributed by atoms with Crippen LogP contribution >= 0.6 is 0 Å². The Morgan fingerprint density at radius 1 is 0.667 bits per heavy atom. The summed E-state index contributed by atoms with van der Waals surface area (Å²) in [6.45, 7) is 4.40. The van der Waals surface area contributed by atoms with Gasteiger partial charge in [0.15, 0.2) is 11.6 Å². The van der Waals surface area contributed by atoms with E-state index in [1.54, 1.807) is 0 Å². The van der Waals surface area contributed by atoms with Crippen LogP contribution < -0.4 is 0 Å². The van der Waals surface area contributed by atoms with Gasteiger partial charge in [-0.3, -0.25) is 0 Å². The number of rotatable bonds is 12. The van der Waals surface area contributed by atoms with Crippen molar-refractivity contribution >= 4 is 10.8 Å². The van der Waals surface area contributed by atoms with E-state index >= 15 is 0 Å². The van der Waals surface area contributed by atoms with Crippen LogP contribution in [0.1, 0.15) is 113 Å². The topological polar surface area (TPSA) is 0 Å². The Balaban J connectivity index is 1.32. The summed E-state index contributed by atoms with van der Waals surface area (Å²) >= 11 is 0. The van der Waals surface area contributed by atoms with Gasteiger partial charge < -0.3 is 0 Å². The van der Waals surface area contributed by atoms with Gasteiger partial charge in [0.25, 0.3) is 0 Å². The van der Waals surface area contributed by atoms with Crippen LogP contribution in [0.5, 0.6) is 0 Å². The molecule has 0 heterocycles. The molecule has 1 aliphatic rings. The van der Waals surface area contributed by atoms with Crippen LogP contribution in [0.25, 0.3) is 10.8 Å². The van der Waals surface area contributed by atoms with Gasteiger partial charge in [0.1, 0.15) is 0 Å². The number of aryl methyl sites for hydroxylation is 3. The highest BCUT2D eigenvalue weighted by Gasteiger charge is 2.22. The fourth-order valence-electron chi connectivity index (χ4n) is 6.05. The Labute approximate surface area is 217 Å². The molecule has 3 aromatic rings. The fourth-order valence-corrected chi connectivity index (χ4v) is 6.05. The van der Waals surface area contributed by atoms with Gasteiger partial charge in [0.2, 0.25) is 0 Å².